The van der Waals surface area contributed by atoms with Crippen molar-refractivity contribution in [3.8, 4) is 12.1 Å². The van der Waals surface area contributed by atoms with Crippen LogP contribution in [0.4, 0.5) is 15.9 Å². The Morgan fingerprint density at radius 1 is 1.19 bits per heavy atom. The molecule has 0 N–H and O–H groups in total. The molecule has 2 aromatic carbocycles. The molecule has 4 heterocycles. The number of nitriles is 1. The zero-order chi connectivity index (χ0) is 33.6. The molecule has 0 radical (unpaired) electrons. The van der Waals surface area contributed by atoms with E-state index in [2.05, 4.69) is 96.4 Å². The molecule has 252 valence electrons. The van der Waals surface area contributed by atoms with Crippen molar-refractivity contribution in [2.45, 2.75) is 68.7 Å². The molecule has 3 aliphatic heterocycles. The average Bonchev–Trinajstić information content (AvgIpc) is 3.74. The minimum Gasteiger partial charge on any atom is -0.462 e. The third-order valence-electron chi connectivity index (χ3n) is 10.8. The molecule has 1 amide bonds. The Kier molecular flexibility index (Phi) is 8.98. The van der Waals surface area contributed by atoms with Gasteiger partial charge in [-0.1, -0.05) is 43.3 Å². The maximum absolute atomic E-state index is 13.9. The van der Waals surface area contributed by atoms with Crippen LogP contribution in [0.25, 0.3) is 10.8 Å². The fraction of sp³-hybridized carbons (Fsp3) is 0.514. The van der Waals surface area contributed by atoms with Gasteiger partial charge in [-0.15, -0.1) is 11.8 Å². The van der Waals surface area contributed by atoms with Crippen molar-refractivity contribution in [1.29, 1.82) is 5.26 Å². The van der Waals surface area contributed by atoms with Crippen molar-refractivity contribution < 1.29 is 13.9 Å². The fourth-order valence-electron chi connectivity index (χ4n) is 7.85. The smallest absolute Gasteiger partial charge is 0.318 e. The van der Waals surface area contributed by atoms with Crippen LogP contribution in [0.2, 0.25) is 0 Å². The molecule has 11 heteroatoms. The summed E-state index contributed by atoms with van der Waals surface area (Å²) in [6.07, 6.45) is 4.85. The van der Waals surface area contributed by atoms with E-state index in [9.17, 15) is 14.4 Å². The largest absolute Gasteiger partial charge is 0.462 e. The van der Waals surface area contributed by atoms with Gasteiger partial charge in [-0.05, 0) is 63.1 Å². The maximum Gasteiger partial charge on any atom is 0.318 e. The van der Waals surface area contributed by atoms with Crippen LogP contribution in [0.15, 0.2) is 48.8 Å². The number of halogens is 1. The molecule has 0 bridgehead atoms. The second kappa shape index (κ2) is 13.2. The Hall–Kier alpha value is -3.88. The van der Waals surface area contributed by atoms with E-state index in [1.807, 2.05) is 0 Å². The Morgan fingerprint density at radius 2 is 1.98 bits per heavy atom. The third kappa shape index (κ3) is 6.09. The normalized spacial score (nSPS) is 23.9. The molecule has 48 heavy (non-hydrogen) atoms. The highest BCUT2D eigenvalue weighted by Gasteiger charge is 2.59. The van der Waals surface area contributed by atoms with Gasteiger partial charge in [0.05, 0.1) is 36.1 Å². The zero-order valence-electron chi connectivity index (χ0n) is 28.1. The number of nitrogens with zero attached hydrogens (tertiary/aromatic N) is 7. The third-order valence-corrected chi connectivity index (χ3v) is 12.7. The first kappa shape index (κ1) is 32.7. The Balaban J connectivity index is 1.15. The van der Waals surface area contributed by atoms with E-state index in [0.717, 1.165) is 42.5 Å². The van der Waals surface area contributed by atoms with Crippen LogP contribution in [0.5, 0.6) is 6.01 Å². The van der Waals surface area contributed by atoms with Gasteiger partial charge in [0.1, 0.15) is 12.4 Å². The number of aromatic nitrogens is 2. The molecule has 2 saturated heterocycles. The SMILES string of the molecule is C=C(F)C(=O)N1CCN(c2nc(OCCN(C)C3S[C@@]3(C)C3CCC3)nc3c2CCN(c2cccc4cccc(C)c24)C3)C[C@@H]1CC#N. The number of fused-ring (bicyclic) bond motifs is 2. The van der Waals surface area contributed by atoms with Gasteiger partial charge in [-0.25, -0.2) is 4.39 Å². The first-order chi connectivity index (χ1) is 23.2. The van der Waals surface area contributed by atoms with E-state index < -0.39 is 17.8 Å². The summed E-state index contributed by atoms with van der Waals surface area (Å²) in [6, 6.07) is 14.9. The summed E-state index contributed by atoms with van der Waals surface area (Å²) in [6.45, 7) is 11.5. The standard InChI is InChI=1S/C37H44FN7O2S/c1-24-8-5-9-26-10-6-13-31(32(24)26)43-17-15-29-30(23-43)40-36(47-21-20-42(4)35-37(3,48-35)27-11-7-12-27)41-33(29)44-18-19-45(34(46)25(2)38)28(22-44)14-16-39/h5-6,8-10,13,27-28,35H,2,7,11-12,14-15,17-23H2,1,3-4H3/t28-,35?,37-/m0/s1. The van der Waals surface area contributed by atoms with E-state index in [4.69, 9.17) is 14.7 Å². The number of rotatable bonds is 10. The van der Waals surface area contributed by atoms with Crippen molar-refractivity contribution in [2.75, 3.05) is 56.2 Å². The highest BCUT2D eigenvalue weighted by Crippen LogP contribution is 2.63. The summed E-state index contributed by atoms with van der Waals surface area (Å²) in [5.74, 6) is -0.162. The van der Waals surface area contributed by atoms with E-state index in [1.165, 1.54) is 46.2 Å². The molecule has 1 aliphatic carbocycles. The fourth-order valence-corrected chi connectivity index (χ4v) is 9.35. The van der Waals surface area contributed by atoms with Gasteiger partial charge >= 0.3 is 6.01 Å². The van der Waals surface area contributed by atoms with Gasteiger partial charge in [-0.2, -0.15) is 15.2 Å². The quantitative estimate of drug-likeness (QED) is 0.195. The molecule has 1 aromatic heterocycles. The molecule has 7 rings (SSSR count). The summed E-state index contributed by atoms with van der Waals surface area (Å²) in [7, 11) is 2.18. The van der Waals surface area contributed by atoms with Crippen molar-refractivity contribution in [3.63, 3.8) is 0 Å². The topological polar surface area (TPSA) is 88.8 Å². The molecule has 4 aliphatic rings. The zero-order valence-corrected chi connectivity index (χ0v) is 28.9. The first-order valence-electron chi connectivity index (χ1n) is 17.1. The van der Waals surface area contributed by atoms with Crippen LogP contribution in [0.1, 0.15) is 49.4 Å². The summed E-state index contributed by atoms with van der Waals surface area (Å²) in [4.78, 5) is 30.9. The number of carbonyl (C=O) groups is 1. The van der Waals surface area contributed by atoms with Crippen LogP contribution in [0.3, 0.4) is 0 Å². The second-order valence-electron chi connectivity index (χ2n) is 13.9. The van der Waals surface area contributed by atoms with Crippen LogP contribution >= 0.6 is 11.8 Å². The van der Waals surface area contributed by atoms with Crippen LogP contribution < -0.4 is 14.5 Å². The van der Waals surface area contributed by atoms with E-state index in [0.29, 0.717) is 42.4 Å². The monoisotopic (exact) mass is 669 g/mol. The lowest BCUT2D eigenvalue weighted by molar-refractivity contribution is -0.131. The van der Waals surface area contributed by atoms with Crippen LogP contribution in [0, 0.1) is 24.2 Å². The van der Waals surface area contributed by atoms with E-state index in [-0.39, 0.29) is 13.0 Å². The maximum atomic E-state index is 13.9. The molecule has 3 fully saturated rings. The number of anilines is 2. The number of ether oxygens (including phenoxy) is 1. The highest BCUT2D eigenvalue weighted by atomic mass is 32.2. The lowest BCUT2D eigenvalue weighted by atomic mass is 9.76. The molecule has 1 saturated carbocycles. The van der Waals surface area contributed by atoms with Gasteiger partial charge in [-0.3, -0.25) is 9.69 Å². The van der Waals surface area contributed by atoms with Crippen LogP contribution in [-0.2, 0) is 17.8 Å². The summed E-state index contributed by atoms with van der Waals surface area (Å²) in [5, 5.41) is 12.5. The minimum absolute atomic E-state index is 0.0889. The summed E-state index contributed by atoms with van der Waals surface area (Å²) in [5.41, 5.74) is 4.40. The number of amides is 1. The number of carbonyl (C=O) groups excluding carboxylic acids is 1. The summed E-state index contributed by atoms with van der Waals surface area (Å²) < 4.78 is 20.6. The van der Waals surface area contributed by atoms with Crippen LogP contribution in [-0.4, -0.2) is 88.2 Å². The van der Waals surface area contributed by atoms with Crippen molar-refractivity contribution in [3.05, 3.63) is 65.6 Å². The molecule has 1 unspecified atom stereocenters. The average molecular weight is 670 g/mol. The number of benzene rings is 2. The number of piperazine rings is 1. The predicted octanol–water partition coefficient (Wildman–Crippen LogP) is 5.86. The highest BCUT2D eigenvalue weighted by molar-refractivity contribution is 8.08. The minimum atomic E-state index is -1.01. The number of hydrogen-bond acceptors (Lipinski definition) is 9. The number of hydrogen-bond donors (Lipinski definition) is 0. The molecular formula is C37H44FN7O2S. The first-order valence-corrected chi connectivity index (χ1v) is 18.0. The van der Waals surface area contributed by atoms with E-state index in [1.54, 1.807) is 0 Å². The Bertz CT molecular complexity index is 1770. The lowest BCUT2D eigenvalue weighted by Gasteiger charge is -2.42. The van der Waals surface area contributed by atoms with Gasteiger partial charge in [0.25, 0.3) is 5.91 Å². The van der Waals surface area contributed by atoms with E-state index >= 15 is 0 Å². The molecule has 0 spiro atoms. The van der Waals surface area contributed by atoms with Crippen molar-refractivity contribution in [1.82, 2.24) is 19.8 Å². The predicted molar refractivity (Wildman–Crippen MR) is 189 cm³/mol. The molecule has 9 nitrogen and oxygen atoms in total. The summed E-state index contributed by atoms with van der Waals surface area (Å²) >= 11 is 2.07. The Morgan fingerprint density at radius 3 is 2.71 bits per heavy atom. The van der Waals surface area contributed by atoms with Gasteiger partial charge in [0.15, 0.2) is 5.83 Å². The second-order valence-corrected chi connectivity index (χ2v) is 15.4. The van der Waals surface area contributed by atoms with Crippen molar-refractivity contribution >= 4 is 39.9 Å². The number of thioether (sulfide) groups is 1. The number of aryl methyl sites for hydroxylation is 1. The van der Waals surface area contributed by atoms with Crippen molar-refractivity contribution in [2.24, 2.45) is 5.92 Å². The van der Waals surface area contributed by atoms with Gasteiger partial charge in [0.2, 0.25) is 0 Å². The molecular weight excluding hydrogens is 626 g/mol. The number of likely N-dealkylation sites (N-methyl/N-ethyl adjacent to an activating group) is 1. The van der Waals surface area contributed by atoms with Gasteiger partial charge < -0.3 is 19.4 Å². The van der Waals surface area contributed by atoms with Gasteiger partial charge in [0, 0.05) is 54.1 Å². The lowest BCUT2D eigenvalue weighted by Crippen LogP contribution is -2.55. The molecule has 3 atom stereocenters. The Labute approximate surface area is 286 Å². The molecule has 3 aromatic rings.